The van der Waals surface area contributed by atoms with Crippen molar-refractivity contribution in [2.75, 3.05) is 38.1 Å². The Labute approximate surface area is 183 Å². The minimum absolute atomic E-state index is 0.0602. The summed E-state index contributed by atoms with van der Waals surface area (Å²) < 4.78 is 5.46. The Morgan fingerprint density at radius 1 is 1.26 bits per heavy atom. The molecule has 0 bridgehead atoms. The van der Waals surface area contributed by atoms with E-state index in [-0.39, 0.29) is 17.7 Å². The van der Waals surface area contributed by atoms with Gasteiger partial charge in [-0.05, 0) is 75.7 Å². The maximum atomic E-state index is 12.7. The molecule has 1 saturated heterocycles. The Morgan fingerprint density at radius 3 is 2.81 bits per heavy atom. The number of nitrogens with two attached hydrogens (primary N) is 1. The molecule has 1 aliphatic heterocycles. The summed E-state index contributed by atoms with van der Waals surface area (Å²) in [5, 5.41) is 6.17. The second-order valence-electron chi connectivity index (χ2n) is 7.63. The molecule has 1 unspecified atom stereocenters. The Kier molecular flexibility index (Phi) is 8.23. The number of rotatable bonds is 10. The van der Waals surface area contributed by atoms with Crippen molar-refractivity contribution in [3.8, 4) is 5.75 Å². The van der Waals surface area contributed by atoms with Crippen molar-refractivity contribution in [1.29, 1.82) is 0 Å². The smallest absolute Gasteiger partial charge is 0.255 e. The SMILES string of the molecule is CCOc1ccc(Nc2ncccc2C(=O)NCCCN2CCCC(C(N)=O)C2)cc1. The number of likely N-dealkylation sites (tertiary alicyclic amines) is 1. The van der Waals surface area contributed by atoms with Crippen molar-refractivity contribution in [3.05, 3.63) is 48.2 Å². The quantitative estimate of drug-likeness (QED) is 0.505. The van der Waals surface area contributed by atoms with Crippen LogP contribution in [0.4, 0.5) is 11.5 Å². The van der Waals surface area contributed by atoms with Gasteiger partial charge in [0.25, 0.3) is 5.91 Å². The molecule has 4 N–H and O–H groups in total. The number of nitrogens with zero attached hydrogens (tertiary/aromatic N) is 2. The highest BCUT2D eigenvalue weighted by molar-refractivity contribution is 5.99. The molecule has 1 fully saturated rings. The number of hydrogen-bond acceptors (Lipinski definition) is 6. The average Bonchev–Trinajstić information content (AvgIpc) is 2.78. The highest BCUT2D eigenvalue weighted by Gasteiger charge is 2.23. The molecule has 166 valence electrons. The number of anilines is 2. The molecule has 8 nitrogen and oxygen atoms in total. The fourth-order valence-electron chi connectivity index (χ4n) is 3.72. The molecule has 0 aliphatic carbocycles. The van der Waals surface area contributed by atoms with Gasteiger partial charge in [-0.3, -0.25) is 9.59 Å². The van der Waals surface area contributed by atoms with Crippen LogP contribution in [-0.4, -0.2) is 54.5 Å². The van der Waals surface area contributed by atoms with Crippen LogP contribution in [0.1, 0.15) is 36.5 Å². The zero-order chi connectivity index (χ0) is 22.1. The molecule has 2 amide bonds. The Bertz CT molecular complexity index is 872. The molecular weight excluding hydrogens is 394 g/mol. The van der Waals surface area contributed by atoms with E-state index in [0.29, 0.717) is 31.1 Å². The van der Waals surface area contributed by atoms with Gasteiger partial charge in [0.05, 0.1) is 18.1 Å². The number of benzene rings is 1. The lowest BCUT2D eigenvalue weighted by Gasteiger charge is -2.31. The van der Waals surface area contributed by atoms with E-state index in [9.17, 15) is 9.59 Å². The van der Waals surface area contributed by atoms with Gasteiger partial charge in [-0.15, -0.1) is 0 Å². The van der Waals surface area contributed by atoms with Gasteiger partial charge in [0.2, 0.25) is 5.91 Å². The first-order valence-electron chi connectivity index (χ1n) is 10.8. The first-order valence-corrected chi connectivity index (χ1v) is 10.8. The molecule has 1 aromatic carbocycles. The first-order chi connectivity index (χ1) is 15.1. The van der Waals surface area contributed by atoms with Crippen LogP contribution in [-0.2, 0) is 4.79 Å². The number of pyridine rings is 1. The zero-order valence-corrected chi connectivity index (χ0v) is 18.0. The average molecular weight is 426 g/mol. The molecule has 1 atom stereocenters. The van der Waals surface area contributed by atoms with E-state index in [0.717, 1.165) is 43.8 Å². The van der Waals surface area contributed by atoms with Crippen molar-refractivity contribution >= 4 is 23.3 Å². The highest BCUT2D eigenvalue weighted by Crippen LogP contribution is 2.21. The summed E-state index contributed by atoms with van der Waals surface area (Å²) >= 11 is 0. The normalized spacial score (nSPS) is 16.5. The van der Waals surface area contributed by atoms with Crippen LogP contribution in [0.25, 0.3) is 0 Å². The van der Waals surface area contributed by atoms with Gasteiger partial charge in [-0.25, -0.2) is 4.98 Å². The predicted octanol–water partition coefficient (Wildman–Crippen LogP) is 2.54. The molecule has 31 heavy (non-hydrogen) atoms. The molecule has 1 aliphatic rings. The number of aromatic nitrogens is 1. The Balaban J connectivity index is 1.50. The standard InChI is InChI=1S/C23H31N5O3/c1-2-31-19-10-8-18(9-11-19)27-22-20(7-3-12-25-22)23(30)26-13-5-15-28-14-4-6-17(16-28)21(24)29/h3,7-12,17H,2,4-6,13-16H2,1H3,(H2,24,29)(H,25,27)(H,26,30). The number of amides is 2. The molecule has 1 aromatic heterocycles. The summed E-state index contributed by atoms with van der Waals surface area (Å²) in [7, 11) is 0. The molecule has 8 heteroatoms. The van der Waals surface area contributed by atoms with Gasteiger partial charge in [-0.2, -0.15) is 0 Å². The number of piperidine rings is 1. The van der Waals surface area contributed by atoms with Gasteiger partial charge in [0, 0.05) is 25.0 Å². The zero-order valence-electron chi connectivity index (χ0n) is 18.0. The maximum absolute atomic E-state index is 12.7. The van der Waals surface area contributed by atoms with Crippen LogP contribution >= 0.6 is 0 Å². The third-order valence-electron chi connectivity index (χ3n) is 5.32. The van der Waals surface area contributed by atoms with Crippen LogP contribution in [0, 0.1) is 5.92 Å². The minimum atomic E-state index is -0.220. The van der Waals surface area contributed by atoms with E-state index in [1.807, 2.05) is 31.2 Å². The van der Waals surface area contributed by atoms with E-state index in [1.165, 1.54) is 0 Å². The van der Waals surface area contributed by atoms with Crippen molar-refractivity contribution in [2.45, 2.75) is 26.2 Å². The number of hydrogen-bond donors (Lipinski definition) is 3. The van der Waals surface area contributed by atoms with E-state index in [4.69, 9.17) is 10.5 Å². The Hall–Kier alpha value is -3.13. The lowest BCUT2D eigenvalue weighted by Crippen LogP contribution is -2.42. The summed E-state index contributed by atoms with van der Waals surface area (Å²) in [5.41, 5.74) is 6.75. The molecule has 0 spiro atoms. The number of nitrogens with one attached hydrogen (secondary N) is 2. The summed E-state index contributed by atoms with van der Waals surface area (Å²) in [5.74, 6) is 0.847. The van der Waals surface area contributed by atoms with E-state index < -0.39 is 0 Å². The third kappa shape index (κ3) is 6.68. The monoisotopic (exact) mass is 425 g/mol. The first kappa shape index (κ1) is 22.6. The van der Waals surface area contributed by atoms with Crippen LogP contribution in [0.5, 0.6) is 5.75 Å². The largest absolute Gasteiger partial charge is 0.494 e. The fourth-order valence-corrected chi connectivity index (χ4v) is 3.72. The van der Waals surface area contributed by atoms with Crippen molar-refractivity contribution in [2.24, 2.45) is 11.7 Å². The number of carbonyl (C=O) groups is 2. The molecule has 3 rings (SSSR count). The molecule has 0 saturated carbocycles. The third-order valence-corrected chi connectivity index (χ3v) is 5.32. The lowest BCUT2D eigenvalue weighted by molar-refractivity contribution is -0.123. The van der Waals surface area contributed by atoms with Crippen LogP contribution in [0.2, 0.25) is 0 Å². The minimum Gasteiger partial charge on any atom is -0.494 e. The van der Waals surface area contributed by atoms with Crippen molar-refractivity contribution in [1.82, 2.24) is 15.2 Å². The summed E-state index contributed by atoms with van der Waals surface area (Å²) in [4.78, 5) is 30.7. The summed E-state index contributed by atoms with van der Waals surface area (Å²) in [6.07, 6.45) is 4.31. The van der Waals surface area contributed by atoms with E-state index in [2.05, 4.69) is 20.5 Å². The van der Waals surface area contributed by atoms with Crippen molar-refractivity contribution < 1.29 is 14.3 Å². The molecule has 0 radical (unpaired) electrons. The number of carbonyl (C=O) groups excluding carboxylic acids is 2. The van der Waals surface area contributed by atoms with Crippen molar-refractivity contribution in [3.63, 3.8) is 0 Å². The van der Waals surface area contributed by atoms with Gasteiger partial charge in [-0.1, -0.05) is 0 Å². The highest BCUT2D eigenvalue weighted by atomic mass is 16.5. The number of primary amides is 1. The van der Waals surface area contributed by atoms with Gasteiger partial charge < -0.3 is 26.0 Å². The summed E-state index contributed by atoms with van der Waals surface area (Å²) in [6.45, 7) is 5.61. The topological polar surface area (TPSA) is 110 Å². The fraction of sp³-hybridized carbons (Fsp3) is 0.435. The molecular formula is C23H31N5O3. The van der Waals surface area contributed by atoms with Gasteiger partial charge >= 0.3 is 0 Å². The lowest BCUT2D eigenvalue weighted by atomic mass is 9.97. The molecule has 2 heterocycles. The van der Waals surface area contributed by atoms with Gasteiger partial charge in [0.15, 0.2) is 0 Å². The summed E-state index contributed by atoms with van der Waals surface area (Å²) in [6, 6.07) is 11.0. The Morgan fingerprint density at radius 2 is 2.06 bits per heavy atom. The van der Waals surface area contributed by atoms with E-state index >= 15 is 0 Å². The predicted molar refractivity (Wildman–Crippen MR) is 120 cm³/mol. The van der Waals surface area contributed by atoms with E-state index in [1.54, 1.807) is 18.3 Å². The second kappa shape index (κ2) is 11.3. The second-order valence-corrected chi connectivity index (χ2v) is 7.63. The maximum Gasteiger partial charge on any atom is 0.255 e. The van der Waals surface area contributed by atoms with Crippen LogP contribution in [0.15, 0.2) is 42.6 Å². The van der Waals surface area contributed by atoms with Crippen LogP contribution in [0.3, 0.4) is 0 Å². The molecule has 2 aromatic rings. The van der Waals surface area contributed by atoms with Gasteiger partial charge in [0.1, 0.15) is 11.6 Å². The number of ether oxygens (including phenoxy) is 1. The van der Waals surface area contributed by atoms with Crippen LogP contribution < -0.4 is 21.1 Å².